The van der Waals surface area contributed by atoms with Gasteiger partial charge in [-0.2, -0.15) is 0 Å². The molecule has 0 fully saturated rings. The summed E-state index contributed by atoms with van der Waals surface area (Å²) < 4.78 is 5.40. The Bertz CT molecular complexity index is 371. The molecule has 1 aliphatic rings. The minimum Gasteiger partial charge on any atom is -0.377 e. The lowest BCUT2D eigenvalue weighted by atomic mass is 10.1. The van der Waals surface area contributed by atoms with E-state index in [9.17, 15) is 0 Å². The topological polar surface area (TPSA) is 21.3 Å². The summed E-state index contributed by atoms with van der Waals surface area (Å²) in [4.78, 5) is 0. The van der Waals surface area contributed by atoms with Crippen LogP contribution in [0.5, 0.6) is 0 Å². The third kappa shape index (κ3) is 3.19. The molecule has 0 aliphatic carbocycles. The first-order valence-corrected chi connectivity index (χ1v) is 5.87. The summed E-state index contributed by atoms with van der Waals surface area (Å²) in [7, 11) is 0. The van der Waals surface area contributed by atoms with Gasteiger partial charge >= 0.3 is 0 Å². The largest absolute Gasteiger partial charge is 0.377 e. The fourth-order valence-corrected chi connectivity index (χ4v) is 1.90. The monoisotopic (exact) mass is 217 g/mol. The predicted molar refractivity (Wildman–Crippen MR) is 66.4 cm³/mol. The first-order chi connectivity index (χ1) is 7.86. The Labute approximate surface area is 97.3 Å². The van der Waals surface area contributed by atoms with Crippen LogP contribution in [0.2, 0.25) is 0 Å². The van der Waals surface area contributed by atoms with Gasteiger partial charge in [-0.25, -0.2) is 0 Å². The number of ether oxygens (including phenoxy) is 1. The highest BCUT2D eigenvalue weighted by Gasteiger charge is 2.03. The molecule has 16 heavy (non-hydrogen) atoms. The number of hydrogen-bond donors (Lipinski definition) is 1. The van der Waals surface area contributed by atoms with Crippen LogP contribution in [0.1, 0.15) is 17.5 Å². The van der Waals surface area contributed by atoms with Crippen molar-refractivity contribution in [3.05, 3.63) is 47.0 Å². The van der Waals surface area contributed by atoms with Gasteiger partial charge in [-0.3, -0.25) is 0 Å². The normalized spacial score (nSPS) is 15.9. The molecule has 0 amide bonds. The van der Waals surface area contributed by atoms with Gasteiger partial charge in [-0.1, -0.05) is 30.3 Å². The number of nitrogens with one attached hydrogen (secondary N) is 1. The van der Waals surface area contributed by atoms with Crippen LogP contribution in [0.15, 0.2) is 35.9 Å². The number of hydrogen-bond acceptors (Lipinski definition) is 2. The second kappa shape index (κ2) is 5.83. The highest BCUT2D eigenvalue weighted by Crippen LogP contribution is 2.07. The minimum absolute atomic E-state index is 0.792. The molecule has 1 aromatic rings. The zero-order chi connectivity index (χ0) is 11.2. The predicted octanol–water partition coefficient (Wildman–Crippen LogP) is 2.43. The van der Waals surface area contributed by atoms with E-state index in [0.717, 1.165) is 32.7 Å². The Morgan fingerprint density at radius 3 is 2.88 bits per heavy atom. The van der Waals surface area contributed by atoms with E-state index in [1.54, 1.807) is 0 Å². The molecule has 0 unspecified atom stereocenters. The van der Waals surface area contributed by atoms with Crippen LogP contribution in [0.25, 0.3) is 0 Å². The summed E-state index contributed by atoms with van der Waals surface area (Å²) in [5.41, 5.74) is 4.10. The lowest BCUT2D eigenvalue weighted by molar-refractivity contribution is 0.149. The van der Waals surface area contributed by atoms with Crippen LogP contribution in [0.3, 0.4) is 0 Å². The van der Waals surface area contributed by atoms with Gasteiger partial charge in [-0.15, -0.1) is 0 Å². The van der Waals surface area contributed by atoms with E-state index in [4.69, 9.17) is 4.74 Å². The molecule has 0 atom stereocenters. The number of rotatable bonds is 4. The minimum atomic E-state index is 0.792. The van der Waals surface area contributed by atoms with Crippen LogP contribution in [-0.2, 0) is 11.3 Å². The molecule has 2 rings (SSSR count). The standard InChI is InChI=1S/C14H19NO/c1-12-5-2-3-7-14(12)10-15-9-13-6-4-8-16-11-13/h2-3,5-7,15H,4,8-11H2,1H3. The summed E-state index contributed by atoms with van der Waals surface area (Å²) >= 11 is 0. The zero-order valence-electron chi connectivity index (χ0n) is 9.83. The van der Waals surface area contributed by atoms with E-state index >= 15 is 0 Å². The number of benzene rings is 1. The molecular formula is C14H19NO. The van der Waals surface area contributed by atoms with Crippen molar-refractivity contribution >= 4 is 0 Å². The first-order valence-electron chi connectivity index (χ1n) is 5.87. The molecule has 1 aliphatic heterocycles. The molecule has 0 saturated heterocycles. The maximum absolute atomic E-state index is 5.40. The Morgan fingerprint density at radius 2 is 2.12 bits per heavy atom. The van der Waals surface area contributed by atoms with Gasteiger partial charge in [0.2, 0.25) is 0 Å². The van der Waals surface area contributed by atoms with Gasteiger partial charge in [0.1, 0.15) is 0 Å². The Kier molecular flexibility index (Phi) is 4.14. The highest BCUT2D eigenvalue weighted by molar-refractivity contribution is 5.25. The fraction of sp³-hybridized carbons (Fsp3) is 0.429. The summed E-state index contributed by atoms with van der Waals surface area (Å²) in [6.45, 7) is 5.69. The third-order valence-corrected chi connectivity index (χ3v) is 2.91. The Hall–Kier alpha value is -1.12. The Morgan fingerprint density at radius 1 is 1.25 bits per heavy atom. The van der Waals surface area contributed by atoms with Crippen molar-refractivity contribution in [2.75, 3.05) is 19.8 Å². The highest BCUT2D eigenvalue weighted by atomic mass is 16.5. The van der Waals surface area contributed by atoms with Crippen LogP contribution in [0, 0.1) is 6.92 Å². The van der Waals surface area contributed by atoms with E-state index in [1.807, 2.05) is 0 Å². The summed E-state index contributed by atoms with van der Waals surface area (Å²) in [6, 6.07) is 8.50. The van der Waals surface area contributed by atoms with Gasteiger partial charge in [0, 0.05) is 13.1 Å². The molecule has 0 radical (unpaired) electrons. The SMILES string of the molecule is Cc1ccccc1CNCC1=CCCOC1. The van der Waals surface area contributed by atoms with Crippen molar-refractivity contribution in [1.29, 1.82) is 0 Å². The molecule has 1 heterocycles. The molecule has 1 N–H and O–H groups in total. The number of aryl methyl sites for hydroxylation is 1. The van der Waals surface area contributed by atoms with Crippen molar-refractivity contribution in [3.8, 4) is 0 Å². The van der Waals surface area contributed by atoms with Crippen molar-refractivity contribution in [3.63, 3.8) is 0 Å². The third-order valence-electron chi connectivity index (χ3n) is 2.91. The van der Waals surface area contributed by atoms with Crippen LogP contribution in [0.4, 0.5) is 0 Å². The maximum atomic E-state index is 5.40. The van der Waals surface area contributed by atoms with Crippen molar-refractivity contribution in [1.82, 2.24) is 5.32 Å². The smallest absolute Gasteiger partial charge is 0.0689 e. The summed E-state index contributed by atoms with van der Waals surface area (Å²) in [6.07, 6.45) is 3.34. The van der Waals surface area contributed by atoms with E-state index in [-0.39, 0.29) is 0 Å². The van der Waals surface area contributed by atoms with E-state index in [0.29, 0.717) is 0 Å². The maximum Gasteiger partial charge on any atom is 0.0689 e. The average molecular weight is 217 g/mol. The van der Waals surface area contributed by atoms with Crippen molar-refractivity contribution in [2.24, 2.45) is 0 Å². The van der Waals surface area contributed by atoms with E-state index in [2.05, 4.69) is 42.6 Å². The quantitative estimate of drug-likeness (QED) is 0.782. The van der Waals surface area contributed by atoms with E-state index in [1.165, 1.54) is 16.7 Å². The van der Waals surface area contributed by atoms with Crippen molar-refractivity contribution < 1.29 is 4.74 Å². The van der Waals surface area contributed by atoms with Crippen LogP contribution < -0.4 is 5.32 Å². The van der Waals surface area contributed by atoms with Crippen LogP contribution in [-0.4, -0.2) is 19.8 Å². The van der Waals surface area contributed by atoms with Gasteiger partial charge in [-0.05, 0) is 30.0 Å². The molecule has 1 aromatic carbocycles. The summed E-state index contributed by atoms with van der Waals surface area (Å²) in [5, 5.41) is 3.46. The lowest BCUT2D eigenvalue weighted by Crippen LogP contribution is -2.21. The second-order valence-corrected chi connectivity index (χ2v) is 4.23. The average Bonchev–Trinajstić information content (AvgIpc) is 2.33. The first kappa shape index (κ1) is 11.4. The fourth-order valence-electron chi connectivity index (χ4n) is 1.90. The van der Waals surface area contributed by atoms with Gasteiger partial charge in [0.05, 0.1) is 13.2 Å². The van der Waals surface area contributed by atoms with Crippen molar-refractivity contribution in [2.45, 2.75) is 19.9 Å². The lowest BCUT2D eigenvalue weighted by Gasteiger charge is -2.14. The van der Waals surface area contributed by atoms with Gasteiger partial charge in [0.25, 0.3) is 0 Å². The molecule has 86 valence electrons. The molecule has 0 aromatic heterocycles. The molecule has 2 nitrogen and oxygen atoms in total. The Balaban J connectivity index is 1.80. The zero-order valence-corrected chi connectivity index (χ0v) is 9.83. The second-order valence-electron chi connectivity index (χ2n) is 4.23. The summed E-state index contributed by atoms with van der Waals surface area (Å²) in [5.74, 6) is 0. The van der Waals surface area contributed by atoms with E-state index < -0.39 is 0 Å². The molecule has 0 saturated carbocycles. The van der Waals surface area contributed by atoms with Gasteiger partial charge in [0.15, 0.2) is 0 Å². The molecular weight excluding hydrogens is 198 g/mol. The van der Waals surface area contributed by atoms with Gasteiger partial charge < -0.3 is 10.1 Å². The molecule has 0 bridgehead atoms. The molecule has 2 heteroatoms. The van der Waals surface area contributed by atoms with Crippen LogP contribution >= 0.6 is 0 Å². The molecule has 0 spiro atoms.